The number of primary amides is 1. The number of benzene rings is 1. The van der Waals surface area contributed by atoms with Crippen LogP contribution in [0.1, 0.15) is 50.4 Å². The van der Waals surface area contributed by atoms with Crippen LogP contribution in [0.25, 0.3) is 0 Å². The molecule has 1 aromatic rings. The van der Waals surface area contributed by atoms with Gasteiger partial charge >= 0.3 is 0 Å². The maximum absolute atomic E-state index is 13.5. The second-order valence-corrected chi connectivity index (χ2v) is 6.81. The van der Waals surface area contributed by atoms with Crippen molar-refractivity contribution >= 4 is 11.6 Å². The molecule has 1 amide bonds. The third-order valence-electron chi connectivity index (χ3n) is 3.99. The fraction of sp³-hybridized carbons (Fsp3) is 0.562. The van der Waals surface area contributed by atoms with E-state index in [1.807, 2.05) is 0 Å². The van der Waals surface area contributed by atoms with Gasteiger partial charge in [0.25, 0.3) is 5.91 Å². The minimum atomic E-state index is -0.733. The Bertz CT molecular complexity index is 513. The van der Waals surface area contributed by atoms with Gasteiger partial charge in [0.1, 0.15) is 5.82 Å². The van der Waals surface area contributed by atoms with Crippen molar-refractivity contribution in [2.45, 2.75) is 46.1 Å². The van der Waals surface area contributed by atoms with Gasteiger partial charge in [-0.1, -0.05) is 20.8 Å². The van der Waals surface area contributed by atoms with Gasteiger partial charge in [-0.2, -0.15) is 0 Å². The summed E-state index contributed by atoms with van der Waals surface area (Å²) in [6.07, 6.45) is 3.38. The van der Waals surface area contributed by atoms with Crippen molar-refractivity contribution in [1.82, 2.24) is 0 Å². The summed E-state index contributed by atoms with van der Waals surface area (Å²) in [5.74, 6) is -0.642. The number of nitrogens with two attached hydrogens (primary N) is 1. The van der Waals surface area contributed by atoms with E-state index in [1.165, 1.54) is 18.6 Å². The summed E-state index contributed by atoms with van der Waals surface area (Å²) in [4.78, 5) is 11.2. The van der Waals surface area contributed by atoms with E-state index in [0.29, 0.717) is 17.4 Å². The highest BCUT2D eigenvalue weighted by atomic mass is 19.1. The van der Waals surface area contributed by atoms with Gasteiger partial charge in [0.15, 0.2) is 0 Å². The van der Waals surface area contributed by atoms with Gasteiger partial charge in [0.2, 0.25) is 0 Å². The van der Waals surface area contributed by atoms with Crippen LogP contribution in [0.15, 0.2) is 18.2 Å². The fourth-order valence-corrected chi connectivity index (χ4v) is 3.50. The molecule has 1 fully saturated rings. The van der Waals surface area contributed by atoms with Gasteiger partial charge in [-0.25, -0.2) is 4.39 Å². The molecule has 2 rings (SSSR count). The molecule has 110 valence electrons. The van der Waals surface area contributed by atoms with Gasteiger partial charge in [-0.15, -0.1) is 0 Å². The Morgan fingerprint density at radius 3 is 2.70 bits per heavy atom. The first-order valence-electron chi connectivity index (χ1n) is 7.13. The lowest BCUT2D eigenvalue weighted by molar-refractivity contribution is 0.0996. The molecule has 0 aromatic heterocycles. The molecule has 20 heavy (non-hydrogen) atoms. The van der Waals surface area contributed by atoms with Crippen molar-refractivity contribution in [1.29, 1.82) is 0 Å². The molecule has 1 aromatic carbocycles. The normalized spacial score (nSPS) is 25.2. The molecule has 2 unspecified atom stereocenters. The Kier molecular flexibility index (Phi) is 4.02. The van der Waals surface area contributed by atoms with Crippen LogP contribution in [-0.2, 0) is 0 Å². The highest BCUT2D eigenvalue weighted by molar-refractivity contribution is 5.94. The Morgan fingerprint density at radius 1 is 1.40 bits per heavy atom. The monoisotopic (exact) mass is 278 g/mol. The number of anilines is 1. The number of carbonyl (C=O) groups is 1. The highest BCUT2D eigenvalue weighted by Crippen LogP contribution is 2.39. The van der Waals surface area contributed by atoms with Crippen molar-refractivity contribution in [2.24, 2.45) is 17.1 Å². The molecule has 1 aliphatic carbocycles. The maximum Gasteiger partial charge on any atom is 0.251 e. The zero-order chi connectivity index (χ0) is 14.9. The molecule has 0 saturated heterocycles. The summed E-state index contributed by atoms with van der Waals surface area (Å²) in [6.45, 7) is 6.81. The molecule has 0 aliphatic heterocycles. The standard InChI is InChI=1S/C16H23FN2O/c1-10-6-12(9-16(2,3)8-10)19-11-4-5-14(17)13(7-11)15(18)20/h4-5,7,10,12,19H,6,8-9H2,1-3H3,(H2,18,20). The maximum atomic E-state index is 13.5. The molecule has 1 saturated carbocycles. The molecule has 4 heteroatoms. The summed E-state index contributed by atoms with van der Waals surface area (Å²) in [5, 5.41) is 3.41. The molecular weight excluding hydrogens is 255 g/mol. The Labute approximate surface area is 119 Å². The van der Waals surface area contributed by atoms with Gasteiger partial charge < -0.3 is 11.1 Å². The van der Waals surface area contributed by atoms with E-state index < -0.39 is 11.7 Å². The van der Waals surface area contributed by atoms with Gasteiger partial charge in [-0.05, 0) is 48.8 Å². The SMILES string of the molecule is CC1CC(Nc2ccc(F)c(C(N)=O)c2)CC(C)(C)C1. The average Bonchev–Trinajstić information content (AvgIpc) is 2.28. The van der Waals surface area contributed by atoms with E-state index in [1.54, 1.807) is 6.07 Å². The van der Waals surface area contributed by atoms with Crippen LogP contribution in [0.5, 0.6) is 0 Å². The highest BCUT2D eigenvalue weighted by Gasteiger charge is 2.31. The molecular formula is C16H23FN2O. The summed E-state index contributed by atoms with van der Waals surface area (Å²) < 4.78 is 13.5. The Morgan fingerprint density at radius 2 is 2.10 bits per heavy atom. The molecule has 0 radical (unpaired) electrons. The number of rotatable bonds is 3. The number of halogens is 1. The number of carbonyl (C=O) groups excluding carboxylic acids is 1. The van der Waals surface area contributed by atoms with E-state index in [0.717, 1.165) is 18.5 Å². The summed E-state index contributed by atoms with van der Waals surface area (Å²) >= 11 is 0. The van der Waals surface area contributed by atoms with E-state index in [4.69, 9.17) is 5.73 Å². The average molecular weight is 278 g/mol. The topological polar surface area (TPSA) is 55.1 Å². The summed E-state index contributed by atoms with van der Waals surface area (Å²) in [5.41, 5.74) is 6.18. The van der Waals surface area contributed by atoms with Gasteiger partial charge in [0, 0.05) is 11.7 Å². The lowest BCUT2D eigenvalue weighted by Gasteiger charge is -2.39. The van der Waals surface area contributed by atoms with Crippen LogP contribution in [0.2, 0.25) is 0 Å². The first kappa shape index (κ1) is 14.8. The van der Waals surface area contributed by atoms with Crippen LogP contribution in [0, 0.1) is 17.2 Å². The lowest BCUT2D eigenvalue weighted by atomic mass is 9.70. The van der Waals surface area contributed by atoms with Crippen LogP contribution >= 0.6 is 0 Å². The van der Waals surface area contributed by atoms with E-state index in [2.05, 4.69) is 26.1 Å². The predicted octanol–water partition coefficient (Wildman–Crippen LogP) is 3.55. The molecule has 0 bridgehead atoms. The lowest BCUT2D eigenvalue weighted by Crippen LogP contribution is -2.35. The Hall–Kier alpha value is -1.58. The second-order valence-electron chi connectivity index (χ2n) is 6.81. The van der Waals surface area contributed by atoms with E-state index in [9.17, 15) is 9.18 Å². The minimum Gasteiger partial charge on any atom is -0.382 e. The first-order chi connectivity index (χ1) is 9.27. The van der Waals surface area contributed by atoms with Crippen LogP contribution < -0.4 is 11.1 Å². The first-order valence-corrected chi connectivity index (χ1v) is 7.13. The minimum absolute atomic E-state index is 0.0573. The number of hydrogen-bond acceptors (Lipinski definition) is 2. The number of nitrogens with one attached hydrogen (secondary N) is 1. The zero-order valence-corrected chi connectivity index (χ0v) is 12.4. The van der Waals surface area contributed by atoms with Gasteiger partial charge in [0.05, 0.1) is 5.56 Å². The van der Waals surface area contributed by atoms with Crippen molar-refractivity contribution in [2.75, 3.05) is 5.32 Å². The third-order valence-corrected chi connectivity index (χ3v) is 3.99. The smallest absolute Gasteiger partial charge is 0.251 e. The fourth-order valence-electron chi connectivity index (χ4n) is 3.50. The van der Waals surface area contributed by atoms with Crippen LogP contribution in [-0.4, -0.2) is 11.9 Å². The van der Waals surface area contributed by atoms with Crippen molar-refractivity contribution in [3.63, 3.8) is 0 Å². The molecule has 3 nitrogen and oxygen atoms in total. The second kappa shape index (κ2) is 5.43. The van der Waals surface area contributed by atoms with Gasteiger partial charge in [-0.3, -0.25) is 4.79 Å². The third kappa shape index (κ3) is 3.50. The number of amides is 1. The van der Waals surface area contributed by atoms with Crippen molar-refractivity contribution < 1.29 is 9.18 Å². The molecule has 3 N–H and O–H groups in total. The largest absolute Gasteiger partial charge is 0.382 e. The van der Waals surface area contributed by atoms with Crippen LogP contribution in [0.4, 0.5) is 10.1 Å². The molecule has 2 atom stereocenters. The molecule has 1 aliphatic rings. The number of hydrogen-bond donors (Lipinski definition) is 2. The molecule has 0 heterocycles. The van der Waals surface area contributed by atoms with Crippen LogP contribution in [0.3, 0.4) is 0 Å². The van der Waals surface area contributed by atoms with Crippen molar-refractivity contribution in [3.05, 3.63) is 29.6 Å². The Balaban J connectivity index is 2.14. The zero-order valence-electron chi connectivity index (χ0n) is 12.4. The quantitative estimate of drug-likeness (QED) is 0.888. The summed E-state index contributed by atoms with van der Waals surface area (Å²) in [7, 11) is 0. The van der Waals surface area contributed by atoms with E-state index >= 15 is 0 Å². The summed E-state index contributed by atoms with van der Waals surface area (Å²) in [6, 6.07) is 4.80. The predicted molar refractivity (Wildman–Crippen MR) is 79.1 cm³/mol. The molecule has 0 spiro atoms. The van der Waals surface area contributed by atoms with E-state index in [-0.39, 0.29) is 5.56 Å². The van der Waals surface area contributed by atoms with Crippen molar-refractivity contribution in [3.8, 4) is 0 Å².